The number of hydrogen-bond donors (Lipinski definition) is 0. The van der Waals surface area contributed by atoms with Crippen LogP contribution in [0.5, 0.6) is 0 Å². The van der Waals surface area contributed by atoms with Crippen molar-refractivity contribution in [3.8, 4) is 0 Å². The van der Waals surface area contributed by atoms with Crippen LogP contribution < -0.4 is 0 Å². The molecule has 0 aromatic heterocycles. The van der Waals surface area contributed by atoms with E-state index in [9.17, 15) is 4.79 Å². The van der Waals surface area contributed by atoms with Crippen molar-refractivity contribution in [2.45, 2.75) is 19.4 Å². The Morgan fingerprint density at radius 1 is 1.00 bits per heavy atom. The lowest BCUT2D eigenvalue weighted by Crippen LogP contribution is -2.20. The van der Waals surface area contributed by atoms with Gasteiger partial charge in [-0.15, -0.1) is 0 Å². The quantitative estimate of drug-likeness (QED) is 0.618. The fraction of sp³-hybridized carbons (Fsp3) is 0.263. The molecule has 1 fully saturated rings. The number of thiocarbonyl (C=S) groups is 1. The summed E-state index contributed by atoms with van der Waals surface area (Å²) in [6, 6.07) is 15.5. The second-order valence-electron chi connectivity index (χ2n) is 5.67. The zero-order valence-electron chi connectivity index (χ0n) is 12.5. The number of hydrogen-bond acceptors (Lipinski definition) is 3. The van der Waals surface area contributed by atoms with Gasteiger partial charge in [0.2, 0.25) is 0 Å². The number of rotatable bonds is 5. The first-order valence-electron chi connectivity index (χ1n) is 7.69. The molecule has 1 saturated heterocycles. The highest BCUT2D eigenvalue weighted by atomic mass is 32.1. The fourth-order valence-corrected chi connectivity index (χ4v) is 3.22. The molecule has 0 bridgehead atoms. The molecule has 1 aliphatic rings. The molecule has 112 valence electrons. The maximum atomic E-state index is 12.9. The summed E-state index contributed by atoms with van der Waals surface area (Å²) >= 11 is 5.04. The molecular weight excluding hydrogens is 290 g/mol. The third kappa shape index (κ3) is 3.16. The van der Waals surface area contributed by atoms with Gasteiger partial charge in [0.05, 0.1) is 0 Å². The molecule has 0 spiro atoms. The van der Waals surface area contributed by atoms with E-state index in [1.807, 2.05) is 42.5 Å². The van der Waals surface area contributed by atoms with E-state index in [1.165, 1.54) is 12.8 Å². The monoisotopic (exact) mass is 309 g/mol. The topological polar surface area (TPSA) is 20.3 Å². The summed E-state index contributed by atoms with van der Waals surface area (Å²) in [5, 5.41) is 1.58. The first-order valence-corrected chi connectivity index (χ1v) is 8.16. The van der Waals surface area contributed by atoms with Gasteiger partial charge in [-0.2, -0.15) is 0 Å². The molecule has 2 aromatic rings. The molecule has 2 aromatic carbocycles. The average Bonchev–Trinajstić information content (AvgIpc) is 3.08. The van der Waals surface area contributed by atoms with Gasteiger partial charge < -0.3 is 0 Å². The Kier molecular flexibility index (Phi) is 4.76. The van der Waals surface area contributed by atoms with E-state index in [0.29, 0.717) is 5.56 Å². The maximum Gasteiger partial charge on any atom is 0.193 e. The van der Waals surface area contributed by atoms with Crippen LogP contribution in [0.1, 0.15) is 39.9 Å². The van der Waals surface area contributed by atoms with Crippen molar-refractivity contribution in [2.75, 3.05) is 13.1 Å². The van der Waals surface area contributed by atoms with Gasteiger partial charge in [-0.05, 0) is 37.1 Å². The van der Waals surface area contributed by atoms with Gasteiger partial charge in [-0.25, -0.2) is 0 Å². The summed E-state index contributed by atoms with van der Waals surface area (Å²) in [5.41, 5.74) is 3.40. The molecule has 0 unspecified atom stereocenters. The standard InChI is InChI=1S/C19H19NOS/c21-19(18-10-4-2-8-16(18)14-22)17-9-3-1-7-15(17)13-20-11-5-6-12-20/h1-4,7-10,14H,5-6,11-13H2. The third-order valence-electron chi connectivity index (χ3n) is 4.19. The Morgan fingerprint density at radius 3 is 2.36 bits per heavy atom. The number of nitrogens with zero attached hydrogens (tertiary/aromatic N) is 1. The Bertz CT molecular complexity index is 689. The number of carbonyl (C=O) groups excluding carboxylic acids is 1. The normalized spacial score (nSPS) is 14.9. The predicted octanol–water partition coefficient (Wildman–Crippen LogP) is 3.86. The highest BCUT2D eigenvalue weighted by Gasteiger charge is 2.18. The van der Waals surface area contributed by atoms with E-state index in [2.05, 4.69) is 11.0 Å². The summed E-state index contributed by atoms with van der Waals surface area (Å²) in [6.07, 6.45) is 2.51. The first-order chi connectivity index (χ1) is 10.8. The van der Waals surface area contributed by atoms with Crippen molar-refractivity contribution in [2.24, 2.45) is 0 Å². The minimum absolute atomic E-state index is 0.0616. The third-order valence-corrected chi connectivity index (χ3v) is 4.44. The van der Waals surface area contributed by atoms with Crippen LogP contribution in [0.4, 0.5) is 0 Å². The fourth-order valence-electron chi connectivity index (χ4n) is 3.01. The summed E-state index contributed by atoms with van der Waals surface area (Å²) in [5.74, 6) is 0.0616. The van der Waals surface area contributed by atoms with E-state index in [1.54, 1.807) is 5.37 Å². The highest BCUT2D eigenvalue weighted by molar-refractivity contribution is 7.79. The number of ketones is 1. The van der Waals surface area contributed by atoms with E-state index in [4.69, 9.17) is 12.2 Å². The van der Waals surface area contributed by atoms with Gasteiger partial charge in [0.1, 0.15) is 0 Å². The van der Waals surface area contributed by atoms with Crippen LogP contribution in [0.25, 0.3) is 0 Å². The Labute approximate surface area is 136 Å². The summed E-state index contributed by atoms with van der Waals surface area (Å²) in [6.45, 7) is 3.10. The molecule has 22 heavy (non-hydrogen) atoms. The Morgan fingerprint density at radius 2 is 1.64 bits per heavy atom. The second-order valence-corrected chi connectivity index (χ2v) is 5.91. The van der Waals surface area contributed by atoms with Crippen LogP contribution in [0.2, 0.25) is 0 Å². The minimum atomic E-state index is 0.0616. The van der Waals surface area contributed by atoms with Crippen LogP contribution >= 0.6 is 12.2 Å². The maximum absolute atomic E-state index is 12.9. The number of likely N-dealkylation sites (tertiary alicyclic amines) is 1. The predicted molar refractivity (Wildman–Crippen MR) is 93.6 cm³/mol. The minimum Gasteiger partial charge on any atom is -0.299 e. The SMILES string of the molecule is O=C(c1ccccc1C=S)c1ccccc1CN1CCCC1. The first kappa shape index (κ1) is 15.1. The van der Waals surface area contributed by atoms with Crippen LogP contribution in [-0.4, -0.2) is 29.1 Å². The Balaban J connectivity index is 1.93. The number of benzene rings is 2. The molecule has 1 aliphatic heterocycles. The largest absolute Gasteiger partial charge is 0.299 e. The number of carbonyl (C=O) groups is 1. The molecule has 3 heteroatoms. The van der Waals surface area contributed by atoms with Gasteiger partial charge in [0.25, 0.3) is 0 Å². The zero-order valence-corrected chi connectivity index (χ0v) is 13.3. The van der Waals surface area contributed by atoms with Crippen molar-refractivity contribution in [3.05, 3.63) is 70.8 Å². The molecule has 0 N–H and O–H groups in total. The summed E-state index contributed by atoms with van der Waals surface area (Å²) in [4.78, 5) is 15.3. The molecule has 1 heterocycles. The van der Waals surface area contributed by atoms with Gasteiger partial charge in [-0.1, -0.05) is 60.7 Å². The van der Waals surface area contributed by atoms with Crippen molar-refractivity contribution < 1.29 is 4.79 Å². The average molecular weight is 309 g/mol. The zero-order chi connectivity index (χ0) is 15.4. The van der Waals surface area contributed by atoms with Crippen molar-refractivity contribution in [3.63, 3.8) is 0 Å². The van der Waals surface area contributed by atoms with E-state index in [-0.39, 0.29) is 5.78 Å². The van der Waals surface area contributed by atoms with Crippen molar-refractivity contribution in [1.29, 1.82) is 0 Å². The van der Waals surface area contributed by atoms with Crippen LogP contribution in [-0.2, 0) is 6.54 Å². The van der Waals surface area contributed by atoms with Crippen molar-refractivity contribution >= 4 is 23.4 Å². The molecule has 3 rings (SSSR count). The van der Waals surface area contributed by atoms with Crippen LogP contribution in [0.15, 0.2) is 48.5 Å². The molecule has 0 aliphatic carbocycles. The summed E-state index contributed by atoms with van der Waals surface area (Å²) in [7, 11) is 0. The van der Waals surface area contributed by atoms with E-state index in [0.717, 1.165) is 36.3 Å². The molecule has 0 amide bonds. The summed E-state index contributed by atoms with van der Waals surface area (Å²) < 4.78 is 0. The lowest BCUT2D eigenvalue weighted by atomic mass is 9.95. The van der Waals surface area contributed by atoms with Gasteiger partial charge in [-0.3, -0.25) is 9.69 Å². The van der Waals surface area contributed by atoms with Gasteiger partial charge in [0, 0.05) is 23.0 Å². The molecule has 0 atom stereocenters. The Hall–Kier alpha value is -1.84. The molecule has 2 nitrogen and oxygen atoms in total. The van der Waals surface area contributed by atoms with Crippen molar-refractivity contribution in [1.82, 2.24) is 4.90 Å². The molecular formula is C19H19NOS. The lowest BCUT2D eigenvalue weighted by molar-refractivity contribution is 0.103. The lowest BCUT2D eigenvalue weighted by Gasteiger charge is -2.17. The van der Waals surface area contributed by atoms with E-state index >= 15 is 0 Å². The van der Waals surface area contributed by atoms with Crippen LogP contribution in [0.3, 0.4) is 0 Å². The molecule has 0 saturated carbocycles. The smallest absolute Gasteiger partial charge is 0.193 e. The van der Waals surface area contributed by atoms with Gasteiger partial charge in [0.15, 0.2) is 5.78 Å². The van der Waals surface area contributed by atoms with Crippen LogP contribution in [0, 0.1) is 0 Å². The second kappa shape index (κ2) is 6.95. The highest BCUT2D eigenvalue weighted by Crippen LogP contribution is 2.20. The molecule has 0 radical (unpaired) electrons. The van der Waals surface area contributed by atoms with Gasteiger partial charge >= 0.3 is 0 Å². The van der Waals surface area contributed by atoms with E-state index < -0.39 is 0 Å².